The number of aryl methyl sites for hydroxylation is 2. The van der Waals surface area contributed by atoms with Crippen LogP contribution in [0.15, 0.2) is 18.2 Å². The van der Waals surface area contributed by atoms with Crippen molar-refractivity contribution < 1.29 is 19.4 Å². The predicted octanol–water partition coefficient (Wildman–Crippen LogP) is 2.36. The lowest BCUT2D eigenvalue weighted by atomic mass is 9.84. The monoisotopic (exact) mass is 331 g/mol. The van der Waals surface area contributed by atoms with Gasteiger partial charge in [0, 0.05) is 6.42 Å². The molecule has 1 aromatic rings. The first kappa shape index (κ1) is 17.0. The molecule has 0 aromatic heterocycles. The Morgan fingerprint density at radius 1 is 1.25 bits per heavy atom. The van der Waals surface area contributed by atoms with E-state index in [1.807, 2.05) is 32.0 Å². The molecule has 2 aliphatic rings. The van der Waals surface area contributed by atoms with E-state index in [4.69, 9.17) is 4.74 Å². The highest BCUT2D eigenvalue weighted by molar-refractivity contribution is 6.06. The summed E-state index contributed by atoms with van der Waals surface area (Å²) in [6, 6.07) is 5.84. The molecule has 1 spiro atoms. The van der Waals surface area contributed by atoms with Gasteiger partial charge in [0.1, 0.15) is 18.5 Å². The summed E-state index contributed by atoms with van der Waals surface area (Å²) in [5, 5.41) is 10.2. The number of carbonyl (C=O) groups excluding carboxylic acids is 2. The molecule has 5 nitrogen and oxygen atoms in total. The van der Waals surface area contributed by atoms with Crippen LogP contribution in [0.5, 0.6) is 5.75 Å². The summed E-state index contributed by atoms with van der Waals surface area (Å²) in [5.74, 6) is 0.453. The zero-order valence-corrected chi connectivity index (χ0v) is 14.4. The molecule has 1 aliphatic carbocycles. The number of β-amino-alcohol motifs (C(OH)–C–C–N with tert-alkyl or cyclic N) is 1. The number of benzene rings is 1. The quantitative estimate of drug-likeness (QED) is 0.841. The maximum atomic E-state index is 12.6. The molecule has 0 radical (unpaired) electrons. The van der Waals surface area contributed by atoms with Crippen LogP contribution < -0.4 is 4.74 Å². The van der Waals surface area contributed by atoms with Crippen molar-refractivity contribution in [1.29, 1.82) is 0 Å². The number of hydrogen-bond donors (Lipinski definition) is 1. The van der Waals surface area contributed by atoms with Crippen LogP contribution in [-0.4, -0.2) is 41.1 Å². The Morgan fingerprint density at radius 3 is 2.62 bits per heavy atom. The van der Waals surface area contributed by atoms with Gasteiger partial charge in [-0.1, -0.05) is 30.5 Å². The molecule has 2 fully saturated rings. The molecule has 1 aliphatic heterocycles. The molecule has 1 heterocycles. The third-order valence-electron chi connectivity index (χ3n) is 5.21. The van der Waals surface area contributed by atoms with E-state index in [0.717, 1.165) is 36.8 Å². The Labute approximate surface area is 142 Å². The van der Waals surface area contributed by atoms with E-state index in [9.17, 15) is 14.7 Å². The van der Waals surface area contributed by atoms with E-state index < -0.39 is 11.5 Å². The van der Waals surface area contributed by atoms with Crippen LogP contribution in [-0.2, 0) is 9.59 Å². The highest BCUT2D eigenvalue weighted by atomic mass is 16.5. The second-order valence-electron chi connectivity index (χ2n) is 7.21. The van der Waals surface area contributed by atoms with Crippen LogP contribution in [0.1, 0.15) is 43.2 Å². The van der Waals surface area contributed by atoms with Crippen molar-refractivity contribution in [2.45, 2.75) is 52.1 Å². The van der Waals surface area contributed by atoms with E-state index in [0.29, 0.717) is 12.2 Å². The van der Waals surface area contributed by atoms with Crippen molar-refractivity contribution in [3.05, 3.63) is 29.3 Å². The number of amides is 2. The number of nitrogens with zero attached hydrogens (tertiary/aromatic N) is 1. The molecule has 1 unspecified atom stereocenters. The van der Waals surface area contributed by atoms with Crippen molar-refractivity contribution in [2.75, 3.05) is 13.2 Å². The topological polar surface area (TPSA) is 66.8 Å². The van der Waals surface area contributed by atoms with E-state index in [-0.39, 0.29) is 25.0 Å². The van der Waals surface area contributed by atoms with Crippen molar-refractivity contribution in [3.63, 3.8) is 0 Å². The van der Waals surface area contributed by atoms with E-state index in [1.165, 1.54) is 4.90 Å². The minimum atomic E-state index is -0.879. The first-order chi connectivity index (χ1) is 11.4. The summed E-state index contributed by atoms with van der Waals surface area (Å²) in [6.45, 7) is 4.04. The summed E-state index contributed by atoms with van der Waals surface area (Å²) in [6.07, 6.45) is 3.02. The second kappa shape index (κ2) is 6.55. The van der Waals surface area contributed by atoms with Gasteiger partial charge >= 0.3 is 0 Å². The second-order valence-corrected chi connectivity index (χ2v) is 7.21. The summed E-state index contributed by atoms with van der Waals surface area (Å²) in [5.41, 5.74) is 1.67. The largest absolute Gasteiger partial charge is 0.491 e. The van der Waals surface area contributed by atoms with Gasteiger partial charge in [0.05, 0.1) is 12.0 Å². The minimum absolute atomic E-state index is 0.0182. The van der Waals surface area contributed by atoms with Crippen LogP contribution in [0.25, 0.3) is 0 Å². The highest BCUT2D eigenvalue weighted by Gasteiger charge is 2.52. The van der Waals surface area contributed by atoms with Crippen molar-refractivity contribution >= 4 is 11.8 Å². The van der Waals surface area contributed by atoms with Gasteiger partial charge in [0.25, 0.3) is 0 Å². The standard InChI is InChI=1S/C19H25NO4/c1-13-5-6-16(14(2)9-13)24-12-15(21)11-20-17(22)10-19(18(20)23)7-3-4-8-19/h5-6,9,15,21H,3-4,7-8,10-12H2,1-2H3. The lowest BCUT2D eigenvalue weighted by molar-refractivity contribution is -0.143. The molecule has 1 aromatic carbocycles. The van der Waals surface area contributed by atoms with Crippen LogP contribution >= 0.6 is 0 Å². The fraction of sp³-hybridized carbons (Fsp3) is 0.579. The number of aliphatic hydroxyl groups excluding tert-OH is 1. The number of ether oxygens (including phenoxy) is 1. The van der Waals surface area contributed by atoms with Crippen molar-refractivity contribution in [1.82, 2.24) is 4.90 Å². The molecule has 3 rings (SSSR count). The SMILES string of the molecule is Cc1ccc(OCC(O)CN2C(=O)CC3(CCCC3)C2=O)c(C)c1. The zero-order chi connectivity index (χ0) is 17.3. The zero-order valence-electron chi connectivity index (χ0n) is 14.4. The minimum Gasteiger partial charge on any atom is -0.491 e. The number of rotatable bonds is 5. The van der Waals surface area contributed by atoms with Gasteiger partial charge in [-0.05, 0) is 38.3 Å². The van der Waals surface area contributed by atoms with Crippen LogP contribution in [0.3, 0.4) is 0 Å². The molecule has 24 heavy (non-hydrogen) atoms. The number of imide groups is 1. The molecule has 5 heteroatoms. The number of likely N-dealkylation sites (tertiary alicyclic amines) is 1. The van der Waals surface area contributed by atoms with Crippen molar-refractivity contribution in [3.8, 4) is 5.75 Å². The highest BCUT2D eigenvalue weighted by Crippen LogP contribution is 2.46. The van der Waals surface area contributed by atoms with Gasteiger partial charge in [-0.3, -0.25) is 14.5 Å². The maximum Gasteiger partial charge on any atom is 0.235 e. The van der Waals surface area contributed by atoms with Gasteiger partial charge in [0.2, 0.25) is 11.8 Å². The summed E-state index contributed by atoms with van der Waals surface area (Å²) in [7, 11) is 0. The van der Waals surface area contributed by atoms with Crippen LogP contribution in [0.2, 0.25) is 0 Å². The number of aliphatic hydroxyl groups is 1. The molecule has 1 N–H and O–H groups in total. The summed E-state index contributed by atoms with van der Waals surface area (Å²) in [4.78, 5) is 26.0. The number of carbonyl (C=O) groups is 2. The van der Waals surface area contributed by atoms with Gasteiger partial charge in [0.15, 0.2) is 0 Å². The lowest BCUT2D eigenvalue weighted by Crippen LogP contribution is -2.41. The maximum absolute atomic E-state index is 12.6. The molecular weight excluding hydrogens is 306 g/mol. The summed E-state index contributed by atoms with van der Waals surface area (Å²) >= 11 is 0. The number of hydrogen-bond acceptors (Lipinski definition) is 4. The Morgan fingerprint density at radius 2 is 1.96 bits per heavy atom. The molecule has 1 atom stereocenters. The predicted molar refractivity (Wildman–Crippen MR) is 89.7 cm³/mol. The lowest BCUT2D eigenvalue weighted by Gasteiger charge is -2.23. The normalized spacial score (nSPS) is 20.9. The third-order valence-corrected chi connectivity index (χ3v) is 5.21. The van der Waals surface area contributed by atoms with Gasteiger partial charge < -0.3 is 9.84 Å². The molecule has 2 amide bonds. The average molecular weight is 331 g/mol. The van der Waals surface area contributed by atoms with E-state index >= 15 is 0 Å². The van der Waals surface area contributed by atoms with Gasteiger partial charge in [-0.2, -0.15) is 0 Å². The summed E-state index contributed by atoms with van der Waals surface area (Å²) < 4.78 is 5.65. The molecular formula is C19H25NO4. The third kappa shape index (κ3) is 3.18. The first-order valence-electron chi connectivity index (χ1n) is 8.64. The Bertz CT molecular complexity index is 649. The molecule has 0 bridgehead atoms. The van der Waals surface area contributed by atoms with E-state index in [1.54, 1.807) is 0 Å². The smallest absolute Gasteiger partial charge is 0.235 e. The van der Waals surface area contributed by atoms with E-state index in [2.05, 4.69) is 0 Å². The van der Waals surface area contributed by atoms with Crippen LogP contribution in [0.4, 0.5) is 0 Å². The molecule has 1 saturated heterocycles. The van der Waals surface area contributed by atoms with Gasteiger partial charge in [-0.15, -0.1) is 0 Å². The first-order valence-corrected chi connectivity index (χ1v) is 8.64. The average Bonchev–Trinajstić information content (AvgIpc) is 3.08. The fourth-order valence-electron chi connectivity index (χ4n) is 3.90. The van der Waals surface area contributed by atoms with Crippen LogP contribution in [0, 0.1) is 19.3 Å². The molecule has 1 saturated carbocycles. The van der Waals surface area contributed by atoms with Gasteiger partial charge in [-0.25, -0.2) is 0 Å². The Balaban J connectivity index is 1.57. The fourth-order valence-corrected chi connectivity index (χ4v) is 3.90. The molecule has 130 valence electrons. The Kier molecular flexibility index (Phi) is 4.63. The Hall–Kier alpha value is -1.88. The van der Waals surface area contributed by atoms with Crippen molar-refractivity contribution in [2.24, 2.45) is 5.41 Å².